The maximum absolute atomic E-state index is 12.9. The number of thioether (sulfide) groups is 3. The van der Waals surface area contributed by atoms with Gasteiger partial charge >= 0.3 is 0 Å². The van der Waals surface area contributed by atoms with E-state index in [4.69, 9.17) is 0 Å². The van der Waals surface area contributed by atoms with E-state index in [9.17, 15) is 30.0 Å². The predicted octanol–water partition coefficient (Wildman–Crippen LogP) is 16.0. The highest BCUT2D eigenvalue weighted by molar-refractivity contribution is 8.15. The number of unbranched alkanes of at least 4 members (excludes halogenated alkanes) is 28. The van der Waals surface area contributed by atoms with Crippen LogP contribution in [0.15, 0.2) is 0 Å². The highest BCUT2D eigenvalue weighted by Crippen LogP contribution is 2.19. The third-order valence-corrected chi connectivity index (χ3v) is 17.5. The van der Waals surface area contributed by atoms with Gasteiger partial charge < -0.3 is 20.4 Å². The summed E-state index contributed by atoms with van der Waals surface area (Å²) in [4.78, 5) is 30.1. The first-order valence-electron chi connectivity index (χ1n) is 30.7. The van der Waals surface area contributed by atoms with Crippen molar-refractivity contribution in [2.45, 2.75) is 309 Å². The van der Waals surface area contributed by atoms with Crippen molar-refractivity contribution in [2.75, 3.05) is 62.3 Å². The molecule has 4 atom stereocenters. The van der Waals surface area contributed by atoms with Crippen molar-refractivity contribution in [3.8, 4) is 0 Å². The molecule has 0 amide bonds. The summed E-state index contributed by atoms with van der Waals surface area (Å²) in [6.07, 6.45) is 44.1. The van der Waals surface area contributed by atoms with E-state index in [1.54, 1.807) is 11.8 Å². The van der Waals surface area contributed by atoms with Crippen LogP contribution in [0.25, 0.3) is 0 Å². The topological polar surface area (TPSA) is 122 Å². The number of carbonyl (C=O) groups is 2. The lowest BCUT2D eigenvalue weighted by molar-refractivity contribution is -0.111. The van der Waals surface area contributed by atoms with Gasteiger partial charge in [0, 0.05) is 62.0 Å². The fourth-order valence-electron chi connectivity index (χ4n) is 9.70. The largest absolute Gasteiger partial charge is 0.392 e. The molecular formula is C60H120N2O6S3. The number of aliphatic hydroxyl groups excluding tert-OH is 4. The summed E-state index contributed by atoms with van der Waals surface area (Å²) in [5.41, 5.74) is 0. The minimum absolute atomic E-state index is 0.212. The predicted molar refractivity (Wildman–Crippen MR) is 317 cm³/mol. The third kappa shape index (κ3) is 53.3. The van der Waals surface area contributed by atoms with Crippen LogP contribution < -0.4 is 0 Å². The van der Waals surface area contributed by atoms with Crippen LogP contribution in [0, 0.1) is 0 Å². The molecule has 0 bridgehead atoms. The first-order chi connectivity index (χ1) is 34.6. The van der Waals surface area contributed by atoms with Gasteiger partial charge in [0.2, 0.25) is 0 Å². The Labute approximate surface area is 454 Å². The smallest absolute Gasteiger partial charge is 0.189 e. The number of hydrogen-bond acceptors (Lipinski definition) is 11. The van der Waals surface area contributed by atoms with E-state index in [-0.39, 0.29) is 10.2 Å². The van der Waals surface area contributed by atoms with Gasteiger partial charge in [0.1, 0.15) is 0 Å². The molecule has 0 rings (SSSR count). The monoisotopic (exact) mass is 1060 g/mol. The van der Waals surface area contributed by atoms with E-state index in [2.05, 4.69) is 37.5 Å². The van der Waals surface area contributed by atoms with Crippen LogP contribution in [0.4, 0.5) is 0 Å². The van der Waals surface area contributed by atoms with Gasteiger partial charge in [-0.05, 0) is 51.6 Å². The molecular weight excluding hydrogens is 941 g/mol. The van der Waals surface area contributed by atoms with Gasteiger partial charge in [-0.1, -0.05) is 257 Å². The molecule has 0 aromatic heterocycles. The van der Waals surface area contributed by atoms with E-state index in [1.165, 1.54) is 203 Å². The maximum atomic E-state index is 12.9. The Kier molecular flexibility index (Phi) is 56.5. The quantitative estimate of drug-likeness (QED) is 0.0436. The zero-order chi connectivity index (χ0) is 52.1. The second-order valence-corrected chi connectivity index (χ2v) is 25.0. The summed E-state index contributed by atoms with van der Waals surface area (Å²) < 4.78 is 0. The molecule has 0 heterocycles. The molecule has 71 heavy (non-hydrogen) atoms. The summed E-state index contributed by atoms with van der Waals surface area (Å²) in [5.74, 6) is 3.30. The summed E-state index contributed by atoms with van der Waals surface area (Å²) in [6, 6.07) is 0. The minimum atomic E-state index is -0.399. The average molecular weight is 1060 g/mol. The summed E-state index contributed by atoms with van der Waals surface area (Å²) >= 11 is 4.63. The second kappa shape index (κ2) is 56.4. The Morgan fingerprint density at radius 1 is 0.324 bits per heavy atom. The third-order valence-electron chi connectivity index (χ3n) is 14.1. The normalized spacial score (nSPS) is 13.7. The van der Waals surface area contributed by atoms with Gasteiger partial charge in [0.15, 0.2) is 10.2 Å². The van der Waals surface area contributed by atoms with E-state index in [0.29, 0.717) is 39.0 Å². The van der Waals surface area contributed by atoms with Gasteiger partial charge in [-0.3, -0.25) is 19.4 Å². The highest BCUT2D eigenvalue weighted by atomic mass is 32.2. The van der Waals surface area contributed by atoms with Crippen molar-refractivity contribution < 1.29 is 30.0 Å². The molecule has 4 unspecified atom stereocenters. The van der Waals surface area contributed by atoms with Crippen molar-refractivity contribution in [1.82, 2.24) is 9.80 Å². The summed E-state index contributed by atoms with van der Waals surface area (Å²) in [5, 5.41) is 44.3. The number of aliphatic hydroxyl groups is 4. The van der Waals surface area contributed by atoms with Crippen LogP contribution >= 0.6 is 35.3 Å². The van der Waals surface area contributed by atoms with Gasteiger partial charge in [-0.15, -0.1) is 0 Å². The molecule has 4 N–H and O–H groups in total. The molecule has 0 aliphatic rings. The van der Waals surface area contributed by atoms with Crippen molar-refractivity contribution >= 4 is 45.5 Å². The molecule has 0 fully saturated rings. The Morgan fingerprint density at radius 2 is 0.549 bits per heavy atom. The van der Waals surface area contributed by atoms with Gasteiger partial charge in [-0.2, -0.15) is 11.8 Å². The van der Waals surface area contributed by atoms with Crippen molar-refractivity contribution in [2.24, 2.45) is 0 Å². The number of carbonyl (C=O) groups excluding carboxylic acids is 2. The molecule has 8 nitrogen and oxygen atoms in total. The second-order valence-electron chi connectivity index (χ2n) is 21.4. The van der Waals surface area contributed by atoms with E-state index < -0.39 is 24.4 Å². The van der Waals surface area contributed by atoms with Gasteiger partial charge in [0.25, 0.3) is 0 Å². The first-order valence-corrected chi connectivity index (χ1v) is 33.8. The number of rotatable bonds is 58. The lowest BCUT2D eigenvalue weighted by atomic mass is 10.0. The van der Waals surface area contributed by atoms with Crippen LogP contribution in [-0.4, -0.2) is 127 Å². The lowest BCUT2D eigenvalue weighted by Gasteiger charge is -2.27. The molecule has 0 spiro atoms. The number of hydrogen-bond donors (Lipinski definition) is 4. The van der Waals surface area contributed by atoms with Crippen LogP contribution in [-0.2, 0) is 9.59 Å². The van der Waals surface area contributed by atoms with Crippen LogP contribution in [0.2, 0.25) is 0 Å². The van der Waals surface area contributed by atoms with Gasteiger partial charge in [0.05, 0.1) is 24.4 Å². The maximum Gasteiger partial charge on any atom is 0.189 e. The Balaban J connectivity index is 4.61. The van der Waals surface area contributed by atoms with E-state index >= 15 is 0 Å². The molecule has 0 aromatic carbocycles. The van der Waals surface area contributed by atoms with Crippen molar-refractivity contribution in [3.05, 3.63) is 0 Å². The van der Waals surface area contributed by atoms with Gasteiger partial charge in [-0.25, -0.2) is 0 Å². The first kappa shape index (κ1) is 71.2. The SMILES string of the molecule is CCCCCCCCCCC(O)CN(CCCC(=O)SCCSCCSC(=O)CCCN(CC(O)CCCCCCCCCC)CC(O)CCCCCCCCCC)CC(O)CCCCCCCCCC. The van der Waals surface area contributed by atoms with Crippen LogP contribution in [0.3, 0.4) is 0 Å². The zero-order valence-electron chi connectivity index (χ0n) is 47.4. The Morgan fingerprint density at radius 3 is 0.789 bits per heavy atom. The molecule has 0 aliphatic heterocycles. The minimum Gasteiger partial charge on any atom is -0.392 e. The van der Waals surface area contributed by atoms with Crippen molar-refractivity contribution in [3.63, 3.8) is 0 Å². The van der Waals surface area contributed by atoms with Crippen molar-refractivity contribution in [1.29, 1.82) is 0 Å². The lowest BCUT2D eigenvalue weighted by Crippen LogP contribution is -2.38. The summed E-state index contributed by atoms with van der Waals surface area (Å²) in [7, 11) is 0. The number of nitrogens with zero attached hydrogens (tertiary/aromatic N) is 2. The molecule has 0 aliphatic carbocycles. The molecule has 0 radical (unpaired) electrons. The van der Waals surface area contributed by atoms with Crippen LogP contribution in [0.1, 0.15) is 285 Å². The standard InChI is InChI=1S/C60H120N2O6S3/c1-5-9-13-17-21-25-29-33-39-55(63)51-61(52-56(64)40-34-30-26-22-18-14-10-6-2)45-37-43-59(67)70-49-47-69-48-50-71-60(68)44-38-46-62(53-57(65)41-35-31-27-23-19-15-11-7-3)54-58(66)42-36-32-28-24-20-16-12-8-4/h55-58,63-66H,5-54H2,1-4H3. The fourth-order valence-corrected chi connectivity index (χ4v) is 12.5. The Hall–Kier alpha value is 0.150. The summed E-state index contributed by atoms with van der Waals surface area (Å²) in [6.45, 7) is 12.7. The zero-order valence-corrected chi connectivity index (χ0v) is 49.8. The molecule has 11 heteroatoms. The van der Waals surface area contributed by atoms with E-state index in [1.807, 2.05) is 0 Å². The fraction of sp³-hybridized carbons (Fsp3) is 0.967. The van der Waals surface area contributed by atoms with Crippen LogP contribution in [0.5, 0.6) is 0 Å². The molecule has 0 saturated carbocycles. The molecule has 424 valence electrons. The van der Waals surface area contributed by atoms with E-state index in [0.717, 1.165) is 100 Å². The average Bonchev–Trinajstić information content (AvgIpc) is 3.34. The molecule has 0 aromatic rings. The highest BCUT2D eigenvalue weighted by Gasteiger charge is 2.18. The Bertz CT molecular complexity index is 972. The molecule has 0 saturated heterocycles.